The molecule has 1 aromatic rings. The van der Waals surface area contributed by atoms with Crippen molar-refractivity contribution in [2.75, 3.05) is 32.8 Å². The zero-order valence-electron chi connectivity index (χ0n) is 13.7. The van der Waals surface area contributed by atoms with E-state index in [-0.39, 0.29) is 11.9 Å². The maximum absolute atomic E-state index is 12.3. The molecule has 0 aromatic heterocycles. The molecule has 0 spiro atoms. The maximum Gasteiger partial charge on any atom is 0.251 e. The smallest absolute Gasteiger partial charge is 0.251 e. The van der Waals surface area contributed by atoms with Gasteiger partial charge in [-0.1, -0.05) is 13.8 Å². The average Bonchev–Trinajstić information content (AvgIpc) is 2.55. The quantitative estimate of drug-likeness (QED) is 0.815. The van der Waals surface area contributed by atoms with Crippen molar-refractivity contribution >= 4 is 11.8 Å². The summed E-state index contributed by atoms with van der Waals surface area (Å²) in [5, 5.41) is 2.99. The summed E-state index contributed by atoms with van der Waals surface area (Å²) in [6.07, 6.45) is 0. The minimum atomic E-state index is -0.496. The van der Waals surface area contributed by atoms with Gasteiger partial charge in [0.1, 0.15) is 0 Å². The fourth-order valence-corrected chi connectivity index (χ4v) is 2.78. The SMILES string of the molecule is CC(C)C(CNC(=O)c1ccc(C(N)=O)cc1)N1CCOCC1. The summed E-state index contributed by atoms with van der Waals surface area (Å²) < 4.78 is 5.39. The number of nitrogens with zero attached hydrogens (tertiary/aromatic N) is 1. The highest BCUT2D eigenvalue weighted by Crippen LogP contribution is 2.12. The van der Waals surface area contributed by atoms with Gasteiger partial charge in [0, 0.05) is 36.8 Å². The first-order valence-corrected chi connectivity index (χ1v) is 7.99. The van der Waals surface area contributed by atoms with E-state index in [1.54, 1.807) is 24.3 Å². The van der Waals surface area contributed by atoms with Crippen LogP contribution in [0.25, 0.3) is 0 Å². The summed E-state index contributed by atoms with van der Waals surface area (Å²) in [5.41, 5.74) is 6.12. The molecule has 2 rings (SSSR count). The van der Waals surface area contributed by atoms with Crippen molar-refractivity contribution in [1.82, 2.24) is 10.2 Å². The summed E-state index contributed by atoms with van der Waals surface area (Å²) >= 11 is 0. The Morgan fingerprint density at radius 1 is 1.17 bits per heavy atom. The summed E-state index contributed by atoms with van der Waals surface area (Å²) in [7, 11) is 0. The van der Waals surface area contributed by atoms with Crippen molar-refractivity contribution in [3.63, 3.8) is 0 Å². The van der Waals surface area contributed by atoms with Crippen molar-refractivity contribution in [3.05, 3.63) is 35.4 Å². The lowest BCUT2D eigenvalue weighted by molar-refractivity contribution is 0.00672. The lowest BCUT2D eigenvalue weighted by Gasteiger charge is -2.36. The van der Waals surface area contributed by atoms with E-state index in [0.717, 1.165) is 26.3 Å². The minimum Gasteiger partial charge on any atom is -0.379 e. The fraction of sp³-hybridized carbons (Fsp3) is 0.529. The van der Waals surface area contributed by atoms with E-state index in [2.05, 4.69) is 24.1 Å². The van der Waals surface area contributed by atoms with Crippen molar-refractivity contribution in [3.8, 4) is 0 Å². The van der Waals surface area contributed by atoms with Crippen molar-refractivity contribution in [2.24, 2.45) is 11.7 Å². The highest BCUT2D eigenvalue weighted by molar-refractivity contribution is 5.97. The first-order chi connectivity index (χ1) is 11.0. The molecule has 126 valence electrons. The van der Waals surface area contributed by atoms with E-state index in [0.29, 0.717) is 23.6 Å². The molecule has 2 amide bonds. The minimum absolute atomic E-state index is 0.139. The van der Waals surface area contributed by atoms with Crippen LogP contribution in [0.2, 0.25) is 0 Å². The molecule has 0 radical (unpaired) electrons. The Labute approximate surface area is 137 Å². The van der Waals surface area contributed by atoms with E-state index in [4.69, 9.17) is 10.5 Å². The summed E-state index contributed by atoms with van der Waals surface area (Å²) in [6, 6.07) is 6.66. The molecule has 1 aromatic carbocycles. The zero-order chi connectivity index (χ0) is 16.8. The molecule has 1 aliphatic heterocycles. The number of nitrogens with two attached hydrogens (primary N) is 1. The van der Waals surface area contributed by atoms with Crippen LogP contribution < -0.4 is 11.1 Å². The number of rotatable bonds is 6. The molecule has 23 heavy (non-hydrogen) atoms. The molecule has 1 heterocycles. The second-order valence-electron chi connectivity index (χ2n) is 6.11. The first kappa shape index (κ1) is 17.4. The second-order valence-corrected chi connectivity index (χ2v) is 6.11. The van der Waals surface area contributed by atoms with Crippen LogP contribution in [0.15, 0.2) is 24.3 Å². The van der Waals surface area contributed by atoms with Crippen LogP contribution >= 0.6 is 0 Å². The number of amides is 2. The number of primary amides is 1. The molecule has 1 unspecified atom stereocenters. The van der Waals surface area contributed by atoms with Crippen LogP contribution in [0.4, 0.5) is 0 Å². The van der Waals surface area contributed by atoms with Crippen molar-refractivity contribution in [2.45, 2.75) is 19.9 Å². The van der Waals surface area contributed by atoms with Gasteiger partial charge < -0.3 is 15.8 Å². The molecule has 1 fully saturated rings. The van der Waals surface area contributed by atoms with Crippen LogP contribution in [0.1, 0.15) is 34.6 Å². The summed E-state index contributed by atoms with van der Waals surface area (Å²) in [5.74, 6) is -0.199. The largest absolute Gasteiger partial charge is 0.379 e. The van der Waals surface area contributed by atoms with E-state index >= 15 is 0 Å². The van der Waals surface area contributed by atoms with Crippen molar-refractivity contribution in [1.29, 1.82) is 0 Å². The Balaban J connectivity index is 1.94. The summed E-state index contributed by atoms with van der Waals surface area (Å²) in [4.78, 5) is 25.7. The van der Waals surface area contributed by atoms with Gasteiger partial charge in [-0.15, -0.1) is 0 Å². The van der Waals surface area contributed by atoms with E-state index in [9.17, 15) is 9.59 Å². The monoisotopic (exact) mass is 319 g/mol. The molecule has 6 nitrogen and oxygen atoms in total. The number of ether oxygens (including phenoxy) is 1. The highest BCUT2D eigenvalue weighted by Gasteiger charge is 2.24. The topological polar surface area (TPSA) is 84.7 Å². The van der Waals surface area contributed by atoms with Gasteiger partial charge in [0.15, 0.2) is 0 Å². The van der Waals surface area contributed by atoms with Gasteiger partial charge in [0.2, 0.25) is 5.91 Å². The Morgan fingerprint density at radius 3 is 2.26 bits per heavy atom. The molecule has 1 saturated heterocycles. The van der Waals surface area contributed by atoms with Gasteiger partial charge in [-0.3, -0.25) is 14.5 Å². The van der Waals surface area contributed by atoms with E-state index in [1.165, 1.54) is 0 Å². The second kappa shape index (κ2) is 8.08. The Hall–Kier alpha value is -1.92. The Kier molecular flexibility index (Phi) is 6.12. The standard InChI is InChI=1S/C17H25N3O3/c1-12(2)15(20-7-9-23-10-8-20)11-19-17(22)14-5-3-13(4-6-14)16(18)21/h3-6,12,15H,7-11H2,1-2H3,(H2,18,21)(H,19,22). The lowest BCUT2D eigenvalue weighted by atomic mass is 10.0. The number of benzene rings is 1. The number of nitrogens with one attached hydrogen (secondary N) is 1. The molecule has 0 saturated carbocycles. The predicted molar refractivity (Wildman–Crippen MR) is 88.3 cm³/mol. The molecule has 6 heteroatoms. The summed E-state index contributed by atoms with van der Waals surface area (Å²) in [6.45, 7) is 8.19. The molecule has 0 aliphatic carbocycles. The van der Waals surface area contributed by atoms with Gasteiger partial charge in [-0.05, 0) is 30.2 Å². The average molecular weight is 319 g/mol. The molecule has 0 bridgehead atoms. The zero-order valence-corrected chi connectivity index (χ0v) is 13.7. The molecule has 1 aliphatic rings. The van der Waals surface area contributed by atoms with Crippen LogP contribution in [0.5, 0.6) is 0 Å². The highest BCUT2D eigenvalue weighted by atomic mass is 16.5. The molecule has 1 atom stereocenters. The number of carbonyl (C=O) groups excluding carboxylic acids is 2. The predicted octanol–water partition coefficient (Wildman–Crippen LogP) is 0.872. The van der Waals surface area contributed by atoms with Gasteiger partial charge in [0.25, 0.3) is 5.91 Å². The van der Waals surface area contributed by atoms with Gasteiger partial charge in [0.05, 0.1) is 13.2 Å². The number of hydrogen-bond donors (Lipinski definition) is 2. The van der Waals surface area contributed by atoms with Crippen molar-refractivity contribution < 1.29 is 14.3 Å². The van der Waals surface area contributed by atoms with Gasteiger partial charge >= 0.3 is 0 Å². The molecular formula is C17H25N3O3. The van der Waals surface area contributed by atoms with Crippen LogP contribution in [-0.2, 0) is 4.74 Å². The number of hydrogen-bond acceptors (Lipinski definition) is 4. The molecular weight excluding hydrogens is 294 g/mol. The lowest BCUT2D eigenvalue weighted by Crippen LogP contribution is -2.51. The Morgan fingerprint density at radius 2 is 1.74 bits per heavy atom. The fourth-order valence-electron chi connectivity index (χ4n) is 2.78. The van der Waals surface area contributed by atoms with Crippen LogP contribution in [0, 0.1) is 5.92 Å². The van der Waals surface area contributed by atoms with Crippen LogP contribution in [0.3, 0.4) is 0 Å². The maximum atomic E-state index is 12.3. The third kappa shape index (κ3) is 4.77. The number of morpholine rings is 1. The van der Waals surface area contributed by atoms with Crippen LogP contribution in [-0.4, -0.2) is 55.6 Å². The third-order valence-corrected chi connectivity index (χ3v) is 4.19. The van der Waals surface area contributed by atoms with E-state index < -0.39 is 5.91 Å². The normalized spacial score (nSPS) is 17.0. The third-order valence-electron chi connectivity index (χ3n) is 4.19. The first-order valence-electron chi connectivity index (χ1n) is 7.99. The van der Waals surface area contributed by atoms with E-state index in [1.807, 2.05) is 0 Å². The molecule has 3 N–H and O–H groups in total. The van der Waals surface area contributed by atoms with Gasteiger partial charge in [-0.2, -0.15) is 0 Å². The Bertz CT molecular complexity index is 537. The number of carbonyl (C=O) groups is 2. The van der Waals surface area contributed by atoms with Gasteiger partial charge in [-0.25, -0.2) is 0 Å².